The first-order chi connectivity index (χ1) is 8.11. The quantitative estimate of drug-likeness (QED) is 0.732. The fourth-order valence-electron chi connectivity index (χ4n) is 2.93. The molecule has 0 aromatic carbocycles. The first kappa shape index (κ1) is 12.9. The molecule has 0 saturated heterocycles. The van der Waals surface area contributed by atoms with Gasteiger partial charge in [-0.3, -0.25) is 5.32 Å². The van der Waals surface area contributed by atoms with E-state index in [2.05, 4.69) is 37.2 Å². The minimum atomic E-state index is -0.290. The molecule has 0 aliphatic heterocycles. The average Bonchev–Trinajstić information content (AvgIpc) is 3.16. The second kappa shape index (κ2) is 4.96. The van der Waals surface area contributed by atoms with Crippen molar-refractivity contribution in [1.82, 2.24) is 10.2 Å². The van der Waals surface area contributed by atoms with Crippen molar-refractivity contribution in [2.24, 2.45) is 17.8 Å². The lowest BCUT2D eigenvalue weighted by atomic mass is 9.94. The van der Waals surface area contributed by atoms with Crippen molar-refractivity contribution in [3.63, 3.8) is 0 Å². The molecule has 0 aromatic heterocycles. The molecule has 2 rings (SSSR count). The Morgan fingerprint density at radius 1 is 1.47 bits per heavy atom. The van der Waals surface area contributed by atoms with E-state index in [0.29, 0.717) is 5.92 Å². The third kappa shape index (κ3) is 3.00. The maximum atomic E-state index is 9.53. The number of nitrogens with one attached hydrogen (secondary N) is 1. The molecule has 0 heterocycles. The first-order valence-corrected chi connectivity index (χ1v) is 6.96. The smallest absolute Gasteiger partial charge is 0.122 e. The number of nitriles is 1. The Hall–Kier alpha value is -0.590. The van der Waals surface area contributed by atoms with Crippen LogP contribution >= 0.6 is 0 Å². The lowest BCUT2D eigenvalue weighted by Gasteiger charge is -2.32. The predicted molar refractivity (Wildman–Crippen MR) is 69.5 cm³/mol. The van der Waals surface area contributed by atoms with E-state index in [9.17, 15) is 5.26 Å². The molecule has 3 atom stereocenters. The summed E-state index contributed by atoms with van der Waals surface area (Å²) < 4.78 is 0. The molecule has 17 heavy (non-hydrogen) atoms. The molecule has 3 heteroatoms. The molecule has 0 spiro atoms. The van der Waals surface area contributed by atoms with Gasteiger partial charge in [-0.25, -0.2) is 0 Å². The zero-order valence-corrected chi connectivity index (χ0v) is 11.4. The Morgan fingerprint density at radius 3 is 2.53 bits per heavy atom. The minimum absolute atomic E-state index is 0.290. The van der Waals surface area contributed by atoms with Crippen LogP contribution in [0.3, 0.4) is 0 Å². The number of nitrogens with zero attached hydrogens (tertiary/aromatic N) is 2. The summed E-state index contributed by atoms with van der Waals surface area (Å²) in [6.07, 6.45) is 3.80. The Morgan fingerprint density at radius 2 is 2.12 bits per heavy atom. The van der Waals surface area contributed by atoms with Gasteiger partial charge < -0.3 is 4.90 Å². The van der Waals surface area contributed by atoms with Crippen LogP contribution in [0, 0.1) is 29.1 Å². The number of likely N-dealkylation sites (N-methyl/N-ethyl adjacent to an activating group) is 2. The molecular formula is C14H25N3. The SMILES string of the molecule is CCNC(C#N)(CN(C)CC1CC1C)C1CC1. The zero-order valence-electron chi connectivity index (χ0n) is 11.4. The van der Waals surface area contributed by atoms with E-state index >= 15 is 0 Å². The average molecular weight is 235 g/mol. The summed E-state index contributed by atoms with van der Waals surface area (Å²) in [6, 6.07) is 2.56. The van der Waals surface area contributed by atoms with Crippen molar-refractivity contribution in [1.29, 1.82) is 5.26 Å². The van der Waals surface area contributed by atoms with E-state index in [4.69, 9.17) is 0 Å². The monoisotopic (exact) mass is 235 g/mol. The summed E-state index contributed by atoms with van der Waals surface area (Å²) in [4.78, 5) is 2.36. The standard InChI is InChI=1S/C14H25N3/c1-4-16-14(9-15,13-5-6-13)10-17(3)8-12-7-11(12)2/h11-13,16H,4-8,10H2,1-3H3. The van der Waals surface area contributed by atoms with Crippen LogP contribution in [0.4, 0.5) is 0 Å². The molecule has 2 fully saturated rings. The van der Waals surface area contributed by atoms with Crippen LogP contribution in [0.2, 0.25) is 0 Å². The molecule has 96 valence electrons. The Labute approximate surface area is 105 Å². The van der Waals surface area contributed by atoms with Crippen molar-refractivity contribution in [3.8, 4) is 6.07 Å². The van der Waals surface area contributed by atoms with E-state index in [-0.39, 0.29) is 5.54 Å². The van der Waals surface area contributed by atoms with Gasteiger partial charge in [0.1, 0.15) is 5.54 Å². The molecule has 2 aliphatic carbocycles. The highest BCUT2D eigenvalue weighted by molar-refractivity contribution is 5.16. The number of hydrogen-bond acceptors (Lipinski definition) is 3. The lowest BCUT2D eigenvalue weighted by Crippen LogP contribution is -2.54. The zero-order chi connectivity index (χ0) is 12.5. The van der Waals surface area contributed by atoms with Gasteiger partial charge in [-0.2, -0.15) is 5.26 Å². The lowest BCUT2D eigenvalue weighted by molar-refractivity contribution is 0.222. The van der Waals surface area contributed by atoms with Gasteiger partial charge in [0.25, 0.3) is 0 Å². The molecule has 2 saturated carbocycles. The van der Waals surface area contributed by atoms with Gasteiger partial charge in [0.2, 0.25) is 0 Å². The Balaban J connectivity index is 1.89. The molecule has 3 unspecified atom stereocenters. The Bertz CT molecular complexity index is 305. The summed E-state index contributed by atoms with van der Waals surface area (Å²) in [5.74, 6) is 2.35. The molecule has 0 amide bonds. The molecule has 1 N–H and O–H groups in total. The largest absolute Gasteiger partial charge is 0.303 e. The topological polar surface area (TPSA) is 39.1 Å². The van der Waals surface area contributed by atoms with Gasteiger partial charge in [-0.05, 0) is 50.6 Å². The van der Waals surface area contributed by atoms with Crippen molar-refractivity contribution in [3.05, 3.63) is 0 Å². The summed E-state index contributed by atoms with van der Waals surface area (Å²) in [7, 11) is 2.16. The molecule has 0 bridgehead atoms. The van der Waals surface area contributed by atoms with Gasteiger partial charge in [0.15, 0.2) is 0 Å². The van der Waals surface area contributed by atoms with Gasteiger partial charge in [-0.15, -0.1) is 0 Å². The summed E-state index contributed by atoms with van der Waals surface area (Å²) >= 11 is 0. The van der Waals surface area contributed by atoms with Crippen LogP contribution in [0.1, 0.15) is 33.1 Å². The Kier molecular flexibility index (Phi) is 3.75. The fourth-order valence-corrected chi connectivity index (χ4v) is 2.93. The maximum Gasteiger partial charge on any atom is 0.122 e. The third-order valence-corrected chi connectivity index (χ3v) is 4.31. The van der Waals surface area contributed by atoms with Crippen molar-refractivity contribution in [2.45, 2.75) is 38.6 Å². The minimum Gasteiger partial charge on any atom is -0.303 e. The second-order valence-corrected chi connectivity index (χ2v) is 6.06. The molecule has 0 radical (unpaired) electrons. The highest BCUT2D eigenvalue weighted by Crippen LogP contribution is 2.41. The predicted octanol–water partition coefficient (Wildman–Crippen LogP) is 1.86. The third-order valence-electron chi connectivity index (χ3n) is 4.31. The van der Waals surface area contributed by atoms with Gasteiger partial charge in [0, 0.05) is 13.1 Å². The second-order valence-electron chi connectivity index (χ2n) is 6.06. The summed E-state index contributed by atoms with van der Waals surface area (Å²) in [5, 5.41) is 13.0. The van der Waals surface area contributed by atoms with Gasteiger partial charge >= 0.3 is 0 Å². The molecule has 3 nitrogen and oxygen atoms in total. The normalized spacial score (nSPS) is 31.0. The first-order valence-electron chi connectivity index (χ1n) is 6.96. The van der Waals surface area contributed by atoms with E-state index in [1.807, 2.05) is 0 Å². The summed E-state index contributed by atoms with van der Waals surface area (Å²) in [6.45, 7) is 7.34. The van der Waals surface area contributed by atoms with Gasteiger partial charge in [-0.1, -0.05) is 13.8 Å². The van der Waals surface area contributed by atoms with Crippen LogP contribution in [-0.2, 0) is 0 Å². The van der Waals surface area contributed by atoms with E-state index in [1.165, 1.54) is 19.3 Å². The number of rotatable bonds is 7. The number of hydrogen-bond donors (Lipinski definition) is 1. The molecule has 0 aromatic rings. The molecular weight excluding hydrogens is 210 g/mol. The highest BCUT2D eigenvalue weighted by Gasteiger charge is 2.46. The van der Waals surface area contributed by atoms with Crippen molar-refractivity contribution < 1.29 is 0 Å². The van der Waals surface area contributed by atoms with Crippen molar-refractivity contribution >= 4 is 0 Å². The molecule has 2 aliphatic rings. The highest BCUT2D eigenvalue weighted by atomic mass is 15.2. The van der Waals surface area contributed by atoms with Crippen LogP contribution in [-0.4, -0.2) is 37.1 Å². The van der Waals surface area contributed by atoms with Crippen LogP contribution in [0.5, 0.6) is 0 Å². The van der Waals surface area contributed by atoms with Crippen LogP contribution in [0.25, 0.3) is 0 Å². The van der Waals surface area contributed by atoms with Crippen molar-refractivity contribution in [2.75, 3.05) is 26.7 Å². The summed E-state index contributed by atoms with van der Waals surface area (Å²) in [5.41, 5.74) is -0.290. The van der Waals surface area contributed by atoms with Crippen LogP contribution in [0.15, 0.2) is 0 Å². The van der Waals surface area contributed by atoms with Gasteiger partial charge in [0.05, 0.1) is 6.07 Å². The van der Waals surface area contributed by atoms with Crippen LogP contribution < -0.4 is 5.32 Å². The van der Waals surface area contributed by atoms with E-state index in [1.54, 1.807) is 0 Å². The fraction of sp³-hybridized carbons (Fsp3) is 0.929. The van der Waals surface area contributed by atoms with E-state index < -0.39 is 0 Å². The maximum absolute atomic E-state index is 9.53. The van der Waals surface area contributed by atoms with E-state index in [0.717, 1.165) is 31.5 Å².